The maximum absolute atomic E-state index is 13.1. The van der Waals surface area contributed by atoms with E-state index in [0.717, 1.165) is 0 Å². The third-order valence-corrected chi connectivity index (χ3v) is 8.23. The summed E-state index contributed by atoms with van der Waals surface area (Å²) in [5.41, 5.74) is -5.47. The fourth-order valence-electron chi connectivity index (χ4n) is 6.90. The average Bonchev–Trinajstić information content (AvgIpc) is 2.97. The van der Waals surface area contributed by atoms with Gasteiger partial charge < -0.3 is 29.2 Å². The van der Waals surface area contributed by atoms with E-state index in [0.29, 0.717) is 5.56 Å². The van der Waals surface area contributed by atoms with Crippen molar-refractivity contribution in [3.63, 3.8) is 0 Å². The molecule has 0 amide bonds. The quantitative estimate of drug-likeness (QED) is 0.482. The van der Waals surface area contributed by atoms with E-state index < -0.39 is 70.5 Å². The van der Waals surface area contributed by atoms with Crippen LogP contribution >= 0.6 is 0 Å². The SMILES string of the molecule is CC(=O)OC1C(O)C2C(OC(C)=O)C3(OC2(C)C)C(C)(O)CCC(OC(=O)c2ccccc2)C13C. The molecule has 2 bridgehead atoms. The molecular weight excluding hydrogens is 456 g/mol. The minimum absolute atomic E-state index is 0.152. The predicted octanol–water partition coefficient (Wildman–Crippen LogP) is 2.16. The summed E-state index contributed by atoms with van der Waals surface area (Å²) in [5, 5.41) is 23.4. The number of aliphatic hydroxyl groups is 2. The summed E-state index contributed by atoms with van der Waals surface area (Å²) in [4.78, 5) is 37.5. The van der Waals surface area contributed by atoms with Gasteiger partial charge in [-0.15, -0.1) is 0 Å². The molecule has 9 nitrogen and oxygen atoms in total. The highest BCUT2D eigenvalue weighted by molar-refractivity contribution is 5.89. The number of rotatable bonds is 4. The highest BCUT2D eigenvalue weighted by Gasteiger charge is 2.84. The van der Waals surface area contributed by atoms with Crippen LogP contribution in [0.15, 0.2) is 30.3 Å². The third kappa shape index (κ3) is 3.58. The van der Waals surface area contributed by atoms with Crippen molar-refractivity contribution in [2.45, 2.75) is 95.6 Å². The largest absolute Gasteiger partial charge is 0.459 e. The van der Waals surface area contributed by atoms with Gasteiger partial charge in [0.05, 0.1) is 28.1 Å². The number of hydrogen-bond donors (Lipinski definition) is 2. The van der Waals surface area contributed by atoms with Crippen LogP contribution < -0.4 is 0 Å². The molecule has 2 saturated carbocycles. The molecule has 3 aliphatic rings. The van der Waals surface area contributed by atoms with Crippen molar-refractivity contribution in [1.82, 2.24) is 0 Å². The van der Waals surface area contributed by atoms with Crippen LogP contribution in [0.4, 0.5) is 0 Å². The summed E-state index contributed by atoms with van der Waals surface area (Å²) in [6.45, 7) is 9.18. The molecule has 1 saturated heterocycles. The first-order valence-electron chi connectivity index (χ1n) is 11.9. The van der Waals surface area contributed by atoms with Gasteiger partial charge >= 0.3 is 17.9 Å². The van der Waals surface area contributed by atoms with E-state index >= 15 is 0 Å². The van der Waals surface area contributed by atoms with Crippen LogP contribution in [0.25, 0.3) is 0 Å². The Morgan fingerprint density at radius 2 is 1.51 bits per heavy atom. The van der Waals surface area contributed by atoms with Crippen molar-refractivity contribution < 1.29 is 43.5 Å². The second-order valence-electron chi connectivity index (χ2n) is 10.9. The van der Waals surface area contributed by atoms with Crippen LogP contribution in [-0.2, 0) is 28.5 Å². The summed E-state index contributed by atoms with van der Waals surface area (Å²) < 4.78 is 24.1. The normalized spacial score (nSPS) is 41.4. The Morgan fingerprint density at radius 3 is 2.09 bits per heavy atom. The van der Waals surface area contributed by atoms with Gasteiger partial charge in [0.25, 0.3) is 0 Å². The van der Waals surface area contributed by atoms with E-state index in [1.807, 2.05) is 0 Å². The van der Waals surface area contributed by atoms with Gasteiger partial charge in [0.15, 0.2) is 0 Å². The zero-order valence-electron chi connectivity index (χ0n) is 20.9. The zero-order valence-corrected chi connectivity index (χ0v) is 20.9. The second-order valence-corrected chi connectivity index (χ2v) is 10.9. The van der Waals surface area contributed by atoms with Crippen LogP contribution in [0.3, 0.4) is 0 Å². The molecular formula is C26H34O9. The Bertz CT molecular complexity index is 1020. The molecule has 1 spiro atoms. The number of ether oxygens (including phenoxy) is 4. The Morgan fingerprint density at radius 1 is 0.943 bits per heavy atom. The highest BCUT2D eigenvalue weighted by atomic mass is 16.6. The first-order chi connectivity index (χ1) is 16.2. The van der Waals surface area contributed by atoms with Crippen molar-refractivity contribution in [3.05, 3.63) is 35.9 Å². The fourth-order valence-corrected chi connectivity index (χ4v) is 6.90. The average molecular weight is 491 g/mol. The molecule has 2 aliphatic carbocycles. The summed E-state index contributed by atoms with van der Waals surface area (Å²) in [6, 6.07) is 8.43. The second kappa shape index (κ2) is 8.28. The molecule has 192 valence electrons. The summed E-state index contributed by atoms with van der Waals surface area (Å²) >= 11 is 0. The van der Waals surface area contributed by atoms with E-state index in [2.05, 4.69) is 0 Å². The lowest BCUT2D eigenvalue weighted by molar-refractivity contribution is -0.336. The van der Waals surface area contributed by atoms with E-state index in [1.165, 1.54) is 13.8 Å². The lowest BCUT2D eigenvalue weighted by Crippen LogP contribution is -2.81. The molecule has 8 atom stereocenters. The number of fused-ring (bicyclic) bond motifs is 1. The van der Waals surface area contributed by atoms with Crippen LogP contribution in [0.2, 0.25) is 0 Å². The molecule has 1 aliphatic heterocycles. The molecule has 1 aromatic rings. The Kier molecular flexibility index (Phi) is 6.06. The van der Waals surface area contributed by atoms with Crippen molar-refractivity contribution in [2.75, 3.05) is 0 Å². The fraction of sp³-hybridized carbons (Fsp3) is 0.654. The van der Waals surface area contributed by atoms with E-state index in [4.69, 9.17) is 18.9 Å². The molecule has 3 fully saturated rings. The molecule has 1 heterocycles. The predicted molar refractivity (Wildman–Crippen MR) is 122 cm³/mol. The maximum atomic E-state index is 13.1. The van der Waals surface area contributed by atoms with Crippen LogP contribution in [-0.4, -0.2) is 69.3 Å². The molecule has 2 N–H and O–H groups in total. The van der Waals surface area contributed by atoms with Crippen molar-refractivity contribution >= 4 is 17.9 Å². The van der Waals surface area contributed by atoms with Gasteiger partial charge in [-0.25, -0.2) is 4.79 Å². The molecule has 9 heteroatoms. The highest BCUT2D eigenvalue weighted by Crippen LogP contribution is 2.68. The van der Waals surface area contributed by atoms with E-state index in [-0.39, 0.29) is 12.8 Å². The monoisotopic (exact) mass is 490 g/mol. The number of esters is 3. The van der Waals surface area contributed by atoms with Gasteiger partial charge in [-0.2, -0.15) is 0 Å². The number of aliphatic hydroxyl groups excluding tert-OH is 1. The molecule has 4 rings (SSSR count). The van der Waals surface area contributed by atoms with Gasteiger partial charge in [0, 0.05) is 13.8 Å². The summed E-state index contributed by atoms with van der Waals surface area (Å²) in [5.74, 6) is -2.68. The molecule has 0 aromatic heterocycles. The molecule has 8 unspecified atom stereocenters. The third-order valence-electron chi connectivity index (χ3n) is 8.23. The van der Waals surface area contributed by atoms with Crippen LogP contribution in [0, 0.1) is 11.3 Å². The number of hydrogen-bond acceptors (Lipinski definition) is 9. The summed E-state index contributed by atoms with van der Waals surface area (Å²) in [7, 11) is 0. The van der Waals surface area contributed by atoms with Gasteiger partial charge in [-0.3, -0.25) is 9.59 Å². The van der Waals surface area contributed by atoms with Crippen molar-refractivity contribution in [2.24, 2.45) is 11.3 Å². The molecule has 35 heavy (non-hydrogen) atoms. The van der Waals surface area contributed by atoms with Crippen LogP contribution in [0.5, 0.6) is 0 Å². The maximum Gasteiger partial charge on any atom is 0.338 e. The first-order valence-corrected chi connectivity index (χ1v) is 11.9. The zero-order chi connectivity index (χ0) is 26.0. The van der Waals surface area contributed by atoms with Crippen molar-refractivity contribution in [3.8, 4) is 0 Å². The van der Waals surface area contributed by atoms with E-state index in [1.54, 1.807) is 58.0 Å². The standard InChI is InChI=1S/C26H34O9/c1-14(27)32-20-18-19(29)21(33-15(2)28)25(6)17(34-22(30)16-10-8-7-9-11-16)12-13-24(5,31)26(20,25)35-23(18,3)4/h7-11,17-21,29,31H,12-13H2,1-6H3. The minimum Gasteiger partial charge on any atom is -0.459 e. The Balaban J connectivity index is 1.92. The van der Waals surface area contributed by atoms with Gasteiger partial charge in [0.2, 0.25) is 0 Å². The smallest absolute Gasteiger partial charge is 0.338 e. The van der Waals surface area contributed by atoms with Gasteiger partial charge in [-0.05, 0) is 52.7 Å². The Hall–Kier alpha value is -2.49. The molecule has 1 aromatic carbocycles. The van der Waals surface area contributed by atoms with Crippen LogP contribution in [0.1, 0.15) is 64.7 Å². The number of carbonyl (C=O) groups is 3. The topological polar surface area (TPSA) is 129 Å². The first kappa shape index (κ1) is 25.6. The molecule has 0 radical (unpaired) electrons. The van der Waals surface area contributed by atoms with Crippen molar-refractivity contribution in [1.29, 1.82) is 0 Å². The number of carbonyl (C=O) groups excluding carboxylic acids is 3. The lowest BCUT2D eigenvalue weighted by atomic mass is 9.47. The van der Waals surface area contributed by atoms with E-state index in [9.17, 15) is 24.6 Å². The number of benzene rings is 1. The lowest BCUT2D eigenvalue weighted by Gasteiger charge is -2.64. The van der Waals surface area contributed by atoms with Gasteiger partial charge in [0.1, 0.15) is 30.0 Å². The van der Waals surface area contributed by atoms with Gasteiger partial charge in [-0.1, -0.05) is 18.2 Å². The minimum atomic E-state index is -1.65. The summed E-state index contributed by atoms with van der Waals surface area (Å²) in [6.07, 6.45) is -4.21. The Labute approximate surface area is 204 Å².